The molecule has 3 aromatic rings. The van der Waals surface area contributed by atoms with Crippen LogP contribution in [0, 0.1) is 5.92 Å². The molecule has 2 atom stereocenters. The zero-order valence-electron chi connectivity index (χ0n) is 15.9. The number of aryl methyl sites for hydroxylation is 1. The Kier molecular flexibility index (Phi) is 3.10. The summed E-state index contributed by atoms with van der Waals surface area (Å²) < 4.78 is 7.76. The van der Waals surface area contributed by atoms with E-state index in [9.17, 15) is 0 Å². The molecule has 4 heteroatoms. The van der Waals surface area contributed by atoms with E-state index in [2.05, 4.69) is 68.0 Å². The summed E-state index contributed by atoms with van der Waals surface area (Å²) in [6.45, 7) is 7.02. The second-order valence-electron chi connectivity index (χ2n) is 8.75. The van der Waals surface area contributed by atoms with Gasteiger partial charge in [0, 0.05) is 34.6 Å². The van der Waals surface area contributed by atoms with Crippen LogP contribution < -0.4 is 0 Å². The first-order valence-electron chi connectivity index (χ1n) is 9.48. The van der Waals surface area contributed by atoms with Crippen LogP contribution in [0.4, 0.5) is 0 Å². The fraction of sp³-hybridized carbons (Fsp3) is 0.455. The second kappa shape index (κ2) is 5.09. The minimum atomic E-state index is -0.0268. The summed E-state index contributed by atoms with van der Waals surface area (Å²) in [4.78, 5) is 0. The van der Waals surface area contributed by atoms with Crippen molar-refractivity contribution in [2.24, 2.45) is 13.0 Å². The fourth-order valence-corrected chi connectivity index (χ4v) is 5.83. The minimum Gasteiger partial charge on any atom is -0.361 e. The van der Waals surface area contributed by atoms with Crippen molar-refractivity contribution in [3.05, 3.63) is 59.1 Å². The first-order valence-corrected chi connectivity index (χ1v) is 9.48. The summed E-state index contributed by atoms with van der Waals surface area (Å²) >= 11 is 0. The van der Waals surface area contributed by atoms with Gasteiger partial charge in [0.05, 0.1) is 17.6 Å². The van der Waals surface area contributed by atoms with Gasteiger partial charge < -0.3 is 4.52 Å². The monoisotopic (exact) mass is 347 g/mol. The van der Waals surface area contributed by atoms with E-state index in [1.807, 2.05) is 6.20 Å². The van der Waals surface area contributed by atoms with Crippen LogP contribution in [0.1, 0.15) is 49.8 Å². The molecule has 0 N–H and O–H groups in total. The van der Waals surface area contributed by atoms with Crippen molar-refractivity contribution < 1.29 is 4.52 Å². The van der Waals surface area contributed by atoms with E-state index < -0.39 is 0 Å². The smallest absolute Gasteiger partial charge is 0.145 e. The average molecular weight is 347 g/mol. The zero-order chi connectivity index (χ0) is 18.1. The average Bonchev–Trinajstić information content (AvgIpc) is 3.20. The Morgan fingerprint density at radius 1 is 1.15 bits per heavy atom. The minimum absolute atomic E-state index is 0.0143. The summed E-state index contributed by atoms with van der Waals surface area (Å²) in [7, 11) is 2.08. The summed E-state index contributed by atoms with van der Waals surface area (Å²) in [6, 6.07) is 10.7. The van der Waals surface area contributed by atoms with Crippen molar-refractivity contribution in [2.75, 3.05) is 0 Å². The predicted octanol–water partition coefficient (Wildman–Crippen LogP) is 4.43. The van der Waals surface area contributed by atoms with Gasteiger partial charge in [-0.1, -0.05) is 56.3 Å². The Balaban J connectivity index is 1.72. The van der Waals surface area contributed by atoms with Gasteiger partial charge in [-0.3, -0.25) is 4.68 Å². The molecule has 0 radical (unpaired) electrons. The van der Waals surface area contributed by atoms with Crippen LogP contribution in [0.2, 0.25) is 0 Å². The molecule has 0 spiro atoms. The molecule has 0 amide bonds. The van der Waals surface area contributed by atoms with E-state index in [0.717, 1.165) is 25.0 Å². The Morgan fingerprint density at radius 2 is 1.92 bits per heavy atom. The Morgan fingerprint density at radius 3 is 2.69 bits per heavy atom. The lowest BCUT2D eigenvalue weighted by molar-refractivity contribution is 0.109. The normalized spacial score (nSPS) is 26.1. The lowest BCUT2D eigenvalue weighted by Crippen LogP contribution is -2.51. The highest BCUT2D eigenvalue weighted by molar-refractivity contribution is 5.66. The van der Waals surface area contributed by atoms with Crippen molar-refractivity contribution in [1.82, 2.24) is 14.9 Å². The second-order valence-corrected chi connectivity index (χ2v) is 8.75. The van der Waals surface area contributed by atoms with Crippen molar-refractivity contribution in [3.8, 4) is 11.3 Å². The highest BCUT2D eigenvalue weighted by atomic mass is 16.5. The van der Waals surface area contributed by atoms with Crippen molar-refractivity contribution in [1.29, 1.82) is 0 Å². The third-order valence-corrected chi connectivity index (χ3v) is 6.84. The largest absolute Gasteiger partial charge is 0.361 e. The zero-order valence-corrected chi connectivity index (χ0v) is 15.9. The number of hydrogen-bond acceptors (Lipinski definition) is 3. The van der Waals surface area contributed by atoms with Crippen molar-refractivity contribution in [3.63, 3.8) is 0 Å². The van der Waals surface area contributed by atoms with E-state index >= 15 is 0 Å². The molecule has 0 fully saturated rings. The van der Waals surface area contributed by atoms with Gasteiger partial charge in [-0.2, -0.15) is 5.10 Å². The van der Waals surface area contributed by atoms with Gasteiger partial charge in [0.25, 0.3) is 0 Å². The number of nitrogens with zero attached hydrogens (tertiary/aromatic N) is 3. The van der Waals surface area contributed by atoms with Crippen LogP contribution in [0.25, 0.3) is 11.3 Å². The molecular weight excluding hydrogens is 322 g/mol. The molecular formula is C22H25N3O. The van der Waals surface area contributed by atoms with Crippen molar-refractivity contribution in [2.45, 2.75) is 50.9 Å². The van der Waals surface area contributed by atoms with Crippen LogP contribution in [0.5, 0.6) is 0 Å². The van der Waals surface area contributed by atoms with Gasteiger partial charge in [-0.15, -0.1) is 0 Å². The quantitative estimate of drug-likeness (QED) is 0.654. The lowest BCUT2D eigenvalue weighted by atomic mass is 9.51. The number of benzene rings is 1. The highest BCUT2D eigenvalue weighted by Crippen LogP contribution is 2.56. The van der Waals surface area contributed by atoms with E-state index in [1.165, 1.54) is 28.1 Å². The van der Waals surface area contributed by atoms with Crippen molar-refractivity contribution >= 4 is 0 Å². The van der Waals surface area contributed by atoms with Crippen LogP contribution in [-0.4, -0.2) is 14.9 Å². The molecule has 134 valence electrons. The predicted molar refractivity (Wildman–Crippen MR) is 101 cm³/mol. The Bertz CT molecular complexity index is 982. The molecule has 5 rings (SSSR count). The van der Waals surface area contributed by atoms with E-state index in [1.54, 1.807) is 0 Å². The van der Waals surface area contributed by atoms with Gasteiger partial charge in [0.1, 0.15) is 5.76 Å². The first kappa shape index (κ1) is 15.9. The van der Waals surface area contributed by atoms with Gasteiger partial charge in [-0.25, -0.2) is 0 Å². The summed E-state index contributed by atoms with van der Waals surface area (Å²) in [5.74, 6) is 1.57. The molecule has 0 saturated heterocycles. The van der Waals surface area contributed by atoms with Gasteiger partial charge in [0.15, 0.2) is 0 Å². The molecule has 0 aliphatic heterocycles. The molecule has 0 bridgehead atoms. The molecule has 26 heavy (non-hydrogen) atoms. The van der Waals surface area contributed by atoms with Crippen LogP contribution in [0.15, 0.2) is 41.1 Å². The maximum atomic E-state index is 5.68. The summed E-state index contributed by atoms with van der Waals surface area (Å²) in [5, 5.41) is 9.19. The highest BCUT2D eigenvalue weighted by Gasteiger charge is 2.55. The number of hydrogen-bond donors (Lipinski definition) is 0. The van der Waals surface area contributed by atoms with Gasteiger partial charge >= 0.3 is 0 Å². The maximum absolute atomic E-state index is 5.68. The molecule has 4 nitrogen and oxygen atoms in total. The fourth-order valence-electron chi connectivity index (χ4n) is 5.83. The molecule has 0 saturated carbocycles. The van der Waals surface area contributed by atoms with Gasteiger partial charge in [0.2, 0.25) is 0 Å². The summed E-state index contributed by atoms with van der Waals surface area (Å²) in [5.41, 5.74) is 6.46. The maximum Gasteiger partial charge on any atom is 0.145 e. The van der Waals surface area contributed by atoms with Gasteiger partial charge in [-0.05, 0) is 25.2 Å². The summed E-state index contributed by atoms with van der Waals surface area (Å²) in [6.07, 6.45) is 5.09. The van der Waals surface area contributed by atoms with E-state index in [0.29, 0.717) is 5.92 Å². The molecule has 1 aromatic carbocycles. The van der Waals surface area contributed by atoms with E-state index in [4.69, 9.17) is 9.62 Å². The third-order valence-electron chi connectivity index (χ3n) is 6.84. The SMILES string of the molecule is Cn1nc2c(c1-c1ccccc1)CC[C@H]1C(C)(C)c3oncc3C[C@]21C. The van der Waals surface area contributed by atoms with Crippen LogP contribution in [-0.2, 0) is 30.7 Å². The molecule has 2 heterocycles. The molecule has 2 aromatic heterocycles. The first-order chi connectivity index (χ1) is 12.4. The van der Waals surface area contributed by atoms with Crippen LogP contribution in [0.3, 0.4) is 0 Å². The molecule has 2 aliphatic carbocycles. The number of rotatable bonds is 1. The third kappa shape index (κ3) is 1.90. The molecule has 2 aliphatic rings. The van der Waals surface area contributed by atoms with E-state index in [-0.39, 0.29) is 10.8 Å². The standard InChI is InChI=1S/C22H25N3O/c1-21(2)17-11-10-16-18(14-8-6-5-7-9-14)25(4)24-19(16)22(17,3)12-15-13-23-26-20(15)21/h5-9,13,17H,10-12H2,1-4H3/t17-,22-/m0/s1. The Hall–Kier alpha value is -2.36. The molecule has 0 unspecified atom stereocenters. The Labute approximate surface area is 154 Å². The topological polar surface area (TPSA) is 43.9 Å². The lowest BCUT2D eigenvalue weighted by Gasteiger charge is -2.51. The van der Waals surface area contributed by atoms with Crippen LogP contribution >= 0.6 is 0 Å². The number of aromatic nitrogens is 3. The number of fused-ring (bicyclic) bond motifs is 4.